The van der Waals surface area contributed by atoms with Crippen LogP contribution in [0.3, 0.4) is 0 Å². The average molecular weight is 185 g/mol. The first kappa shape index (κ1) is 7.91. The fourth-order valence-corrected chi connectivity index (χ4v) is 3.72. The van der Waals surface area contributed by atoms with Gasteiger partial charge in [-0.2, -0.15) is 0 Å². The molecule has 1 aliphatic rings. The van der Waals surface area contributed by atoms with E-state index in [4.69, 9.17) is 10.3 Å². The zero-order valence-corrected chi connectivity index (χ0v) is 7.22. The van der Waals surface area contributed by atoms with Crippen LogP contribution in [-0.4, -0.2) is 17.8 Å². The smallest absolute Gasteiger partial charge is 0.280 e. The van der Waals surface area contributed by atoms with E-state index in [1.165, 1.54) is 0 Å². The first-order chi connectivity index (χ1) is 4.23. The van der Waals surface area contributed by atoms with E-state index in [1.807, 2.05) is 0 Å². The highest BCUT2D eigenvalue weighted by Gasteiger charge is 2.38. The van der Waals surface area contributed by atoms with Crippen molar-refractivity contribution in [3.8, 4) is 0 Å². The molecule has 0 saturated carbocycles. The van der Waals surface area contributed by atoms with Crippen LogP contribution >= 0.6 is 28.8 Å². The minimum Gasteiger partial charge on any atom is -0.280 e. The van der Waals surface area contributed by atoms with E-state index in [1.54, 1.807) is 4.67 Å². The van der Waals surface area contributed by atoms with Crippen LogP contribution in [0.25, 0.3) is 0 Å². The van der Waals surface area contributed by atoms with Gasteiger partial charge in [-0.3, -0.25) is 14.8 Å². The summed E-state index contributed by atoms with van der Waals surface area (Å²) in [5.41, 5.74) is -2.42. The van der Waals surface area contributed by atoms with Crippen molar-refractivity contribution in [1.82, 2.24) is 4.67 Å². The molecule has 0 bridgehead atoms. The Morgan fingerprint density at radius 2 is 1.78 bits per heavy atom. The molecule has 0 amide bonds. The van der Waals surface area contributed by atoms with Crippen molar-refractivity contribution in [1.29, 1.82) is 0 Å². The summed E-state index contributed by atoms with van der Waals surface area (Å²) in [4.78, 5) is 0. The Bertz CT molecular complexity index is 141. The second-order valence-corrected chi connectivity index (χ2v) is 8.49. The molecule has 0 unspecified atom stereocenters. The van der Waals surface area contributed by atoms with Crippen molar-refractivity contribution in [2.75, 3.05) is 13.1 Å². The van der Waals surface area contributed by atoms with Crippen LogP contribution in [0.2, 0.25) is 0 Å². The summed E-state index contributed by atoms with van der Waals surface area (Å²) in [6.07, 6.45) is 0. The van der Waals surface area contributed by atoms with Crippen LogP contribution in [0.1, 0.15) is 0 Å². The summed E-state index contributed by atoms with van der Waals surface area (Å²) in [7, 11) is 0. The summed E-state index contributed by atoms with van der Waals surface area (Å²) in [5.74, 6) is 0. The number of hydrogen-bond acceptors (Lipinski definition) is 5. The lowest BCUT2D eigenvalue weighted by atomic mass is 11.0. The number of hydrogen-bond donors (Lipinski definition) is 2. The lowest BCUT2D eigenvalue weighted by molar-refractivity contribution is 0.575. The molecule has 0 radical (unpaired) electrons. The molecule has 0 aromatic carbocycles. The molecule has 54 valence electrons. The van der Waals surface area contributed by atoms with Gasteiger partial charge in [0.2, 0.25) is 0 Å². The van der Waals surface area contributed by atoms with Gasteiger partial charge in [-0.25, -0.2) is 4.67 Å². The molecule has 4 N–H and O–H groups in total. The molecule has 1 heterocycles. The summed E-state index contributed by atoms with van der Waals surface area (Å²) in [6.45, 7) is 1.73. The second kappa shape index (κ2) is 2.82. The Morgan fingerprint density at radius 1 is 1.33 bits per heavy atom. The van der Waals surface area contributed by atoms with Gasteiger partial charge in [-0.1, -0.05) is 0 Å². The van der Waals surface area contributed by atoms with Gasteiger partial charge in [-0.15, -0.1) is 0 Å². The molecule has 0 aromatic heterocycles. The van der Waals surface area contributed by atoms with Crippen LogP contribution in [0.15, 0.2) is 0 Å². The van der Waals surface area contributed by atoms with Crippen LogP contribution < -0.4 is 10.3 Å². The Labute approximate surface area is 61.9 Å². The highest BCUT2D eigenvalue weighted by atomic mass is 33.1. The third-order valence-electron chi connectivity index (χ3n) is 1.04. The largest absolute Gasteiger partial charge is 0.285 e. The van der Waals surface area contributed by atoms with Crippen molar-refractivity contribution in [3.05, 3.63) is 0 Å². The molecule has 1 aliphatic heterocycles. The molecule has 1 fully saturated rings. The molecule has 7 heteroatoms. The van der Waals surface area contributed by atoms with E-state index in [0.717, 1.165) is 36.2 Å². The Morgan fingerprint density at radius 3 is 1.89 bits per heavy atom. The van der Waals surface area contributed by atoms with Gasteiger partial charge in [0.25, 0.3) is 5.70 Å². The van der Waals surface area contributed by atoms with E-state index in [-0.39, 0.29) is 0 Å². The minimum atomic E-state index is -2.42. The molecule has 9 heavy (non-hydrogen) atoms. The monoisotopic (exact) mass is 185 g/mol. The van der Waals surface area contributed by atoms with E-state index >= 15 is 0 Å². The third kappa shape index (κ3) is 1.63. The fraction of sp³-hybridized carbons (Fsp3) is 1.00. The Balaban J connectivity index is 2.54. The van der Waals surface area contributed by atoms with E-state index in [2.05, 4.69) is 0 Å². The maximum atomic E-state index is 11.3. The van der Waals surface area contributed by atoms with Crippen molar-refractivity contribution in [3.63, 3.8) is 0 Å². The van der Waals surface area contributed by atoms with Gasteiger partial charge in [0.1, 0.15) is 0 Å². The molecule has 0 spiro atoms. The minimum absolute atomic E-state index is 0.862. The third-order valence-corrected chi connectivity index (χ3v) is 7.20. The zero-order valence-electron chi connectivity index (χ0n) is 4.69. The van der Waals surface area contributed by atoms with E-state index in [9.17, 15) is 4.57 Å². The van der Waals surface area contributed by atoms with Gasteiger partial charge < -0.3 is 0 Å². The van der Waals surface area contributed by atoms with Crippen LogP contribution in [-0.2, 0) is 4.57 Å². The highest BCUT2D eigenvalue weighted by Crippen LogP contribution is 2.69. The summed E-state index contributed by atoms with van der Waals surface area (Å²) < 4.78 is 13.1. The summed E-state index contributed by atoms with van der Waals surface area (Å²) in [5, 5.41) is 10.3. The lowest BCUT2D eigenvalue weighted by Gasteiger charge is -2.09. The van der Waals surface area contributed by atoms with Gasteiger partial charge >= 0.3 is 0 Å². The maximum Gasteiger partial charge on any atom is 0.285 e. The Hall–Kier alpha value is 0.810. The molecule has 1 saturated heterocycles. The quantitative estimate of drug-likeness (QED) is 0.381. The van der Waals surface area contributed by atoms with Gasteiger partial charge in [0.05, 0.1) is 0 Å². The standard InChI is InChI=1S/C2H8N3OPS2/c3-8-7(6,9-4)5-1-2-5/h1-4H2. The van der Waals surface area contributed by atoms with E-state index in [0.29, 0.717) is 0 Å². The summed E-state index contributed by atoms with van der Waals surface area (Å²) >= 11 is 1.72. The second-order valence-electron chi connectivity index (χ2n) is 1.63. The first-order valence-corrected chi connectivity index (χ1v) is 6.98. The molecule has 1 rings (SSSR count). The van der Waals surface area contributed by atoms with Crippen molar-refractivity contribution in [2.24, 2.45) is 10.3 Å². The molecule has 0 aromatic rings. The molecular weight excluding hydrogens is 177 g/mol. The number of nitrogens with zero attached hydrogens (tertiary/aromatic N) is 1. The summed E-state index contributed by atoms with van der Waals surface area (Å²) in [6, 6.07) is 0. The zero-order chi connectivity index (χ0) is 6.91. The fourth-order valence-electron chi connectivity index (χ4n) is 0.448. The lowest BCUT2D eigenvalue weighted by Crippen LogP contribution is -1.92. The van der Waals surface area contributed by atoms with Gasteiger partial charge in [0.15, 0.2) is 0 Å². The first-order valence-electron chi connectivity index (χ1n) is 2.35. The van der Waals surface area contributed by atoms with Crippen molar-refractivity contribution < 1.29 is 4.57 Å². The molecule has 0 atom stereocenters. The number of nitrogens with two attached hydrogens (primary N) is 2. The normalized spacial score (nSPS) is 20.2. The van der Waals surface area contributed by atoms with Crippen LogP contribution in [0.4, 0.5) is 0 Å². The maximum absolute atomic E-state index is 11.3. The number of rotatable bonds is 3. The topological polar surface area (TPSA) is 72.1 Å². The van der Waals surface area contributed by atoms with Gasteiger partial charge in [0, 0.05) is 36.2 Å². The van der Waals surface area contributed by atoms with Gasteiger partial charge in [-0.05, 0) is 0 Å². The predicted molar refractivity (Wildman–Crippen MR) is 42.7 cm³/mol. The Kier molecular flexibility index (Phi) is 2.48. The molecule has 0 aliphatic carbocycles. The predicted octanol–water partition coefficient (Wildman–Crippen LogP) is 0.624. The van der Waals surface area contributed by atoms with Crippen molar-refractivity contribution >= 4 is 28.8 Å². The molecular formula is C2H8N3OPS2. The van der Waals surface area contributed by atoms with Crippen LogP contribution in [0.5, 0.6) is 0 Å². The van der Waals surface area contributed by atoms with Crippen LogP contribution in [0, 0.1) is 0 Å². The average Bonchev–Trinajstić information content (AvgIpc) is 2.68. The highest BCUT2D eigenvalue weighted by molar-refractivity contribution is 8.88. The van der Waals surface area contributed by atoms with Crippen molar-refractivity contribution in [2.45, 2.75) is 0 Å². The van der Waals surface area contributed by atoms with E-state index < -0.39 is 5.70 Å². The SMILES string of the molecule is NSP(=O)(SN)N1CC1. The molecule has 4 nitrogen and oxygen atoms in total.